The minimum Gasteiger partial charge on any atom is -0.369 e. The number of hydrogen-bond donors (Lipinski definition) is 4. The van der Waals surface area contributed by atoms with Gasteiger partial charge in [0.2, 0.25) is 21.9 Å². The Bertz CT molecular complexity index is 1540. The van der Waals surface area contributed by atoms with E-state index < -0.39 is 10.0 Å². The summed E-state index contributed by atoms with van der Waals surface area (Å²) >= 11 is 0. The molecule has 1 aliphatic rings. The molecule has 200 valence electrons. The van der Waals surface area contributed by atoms with E-state index in [-0.39, 0.29) is 10.8 Å². The van der Waals surface area contributed by atoms with Crippen molar-refractivity contribution < 1.29 is 13.2 Å². The van der Waals surface area contributed by atoms with Crippen LogP contribution in [0.4, 0.5) is 17.5 Å². The van der Waals surface area contributed by atoms with Gasteiger partial charge in [-0.3, -0.25) is 4.79 Å². The Morgan fingerprint density at radius 3 is 2.51 bits per heavy atom. The zero-order valence-corrected chi connectivity index (χ0v) is 22.2. The average molecular weight is 543 g/mol. The monoisotopic (exact) mass is 542 g/mol. The minimum atomic E-state index is -3.59. The minimum absolute atomic E-state index is 0.0350. The van der Waals surface area contributed by atoms with Crippen LogP contribution in [0.5, 0.6) is 0 Å². The van der Waals surface area contributed by atoms with Crippen molar-refractivity contribution in [3.05, 3.63) is 96.2 Å². The summed E-state index contributed by atoms with van der Waals surface area (Å²) in [4.78, 5) is 21.8. The van der Waals surface area contributed by atoms with Crippen LogP contribution in [0.1, 0.15) is 24.0 Å². The molecule has 39 heavy (non-hydrogen) atoms. The van der Waals surface area contributed by atoms with E-state index >= 15 is 0 Å². The number of benzene rings is 3. The molecule has 0 saturated carbocycles. The first-order valence-electron chi connectivity index (χ1n) is 12.8. The molecule has 0 fully saturated rings. The molecule has 1 amide bonds. The Labute approximate surface area is 228 Å². The van der Waals surface area contributed by atoms with Crippen LogP contribution in [0.15, 0.2) is 90.0 Å². The summed E-state index contributed by atoms with van der Waals surface area (Å²) in [6.45, 7) is 1.47. The lowest BCUT2D eigenvalue weighted by atomic mass is 10.0. The Morgan fingerprint density at radius 2 is 1.69 bits per heavy atom. The molecule has 0 aliphatic carbocycles. The summed E-state index contributed by atoms with van der Waals surface area (Å²) < 4.78 is 27.8. The van der Waals surface area contributed by atoms with E-state index in [9.17, 15) is 13.2 Å². The lowest BCUT2D eigenvalue weighted by Crippen LogP contribution is -2.25. The number of sulfonamides is 1. The van der Waals surface area contributed by atoms with Crippen LogP contribution in [0.2, 0.25) is 0 Å². The summed E-state index contributed by atoms with van der Waals surface area (Å²) in [6.07, 6.45) is 3.47. The lowest BCUT2D eigenvalue weighted by molar-refractivity contribution is -0.120. The molecular weight excluding hydrogens is 512 g/mol. The third-order valence-corrected chi connectivity index (χ3v) is 7.80. The zero-order valence-electron chi connectivity index (χ0n) is 21.4. The van der Waals surface area contributed by atoms with Gasteiger partial charge in [0.25, 0.3) is 0 Å². The van der Waals surface area contributed by atoms with Gasteiger partial charge < -0.3 is 16.0 Å². The van der Waals surface area contributed by atoms with Crippen molar-refractivity contribution in [2.24, 2.45) is 0 Å². The Hall–Kier alpha value is -4.28. The number of rotatable bonds is 5. The van der Waals surface area contributed by atoms with Gasteiger partial charge in [0.15, 0.2) is 0 Å². The van der Waals surface area contributed by atoms with Crippen molar-refractivity contribution in [3.8, 4) is 11.1 Å². The third kappa shape index (κ3) is 6.98. The number of anilines is 3. The molecule has 1 aliphatic heterocycles. The predicted molar refractivity (Wildman–Crippen MR) is 152 cm³/mol. The highest BCUT2D eigenvalue weighted by Crippen LogP contribution is 2.28. The summed E-state index contributed by atoms with van der Waals surface area (Å²) in [5.41, 5.74) is 4.30. The van der Waals surface area contributed by atoms with E-state index in [0.717, 1.165) is 28.7 Å². The summed E-state index contributed by atoms with van der Waals surface area (Å²) in [7, 11) is -3.59. The van der Waals surface area contributed by atoms with Gasteiger partial charge in [-0.05, 0) is 47.7 Å². The van der Waals surface area contributed by atoms with Gasteiger partial charge in [-0.15, -0.1) is 0 Å². The van der Waals surface area contributed by atoms with Crippen LogP contribution >= 0.6 is 0 Å². The number of nitrogens with one attached hydrogen (secondary N) is 4. The van der Waals surface area contributed by atoms with Crippen molar-refractivity contribution in [2.75, 3.05) is 23.7 Å². The Morgan fingerprint density at radius 1 is 0.897 bits per heavy atom. The molecule has 0 saturated heterocycles. The van der Waals surface area contributed by atoms with Crippen LogP contribution < -0.4 is 20.7 Å². The van der Waals surface area contributed by atoms with Crippen molar-refractivity contribution >= 4 is 33.4 Å². The third-order valence-electron chi connectivity index (χ3n) is 6.34. The van der Waals surface area contributed by atoms with E-state index in [1.165, 1.54) is 0 Å². The smallest absolute Gasteiger partial charge is 0.240 e. The molecule has 3 aromatic carbocycles. The first-order valence-corrected chi connectivity index (χ1v) is 14.3. The van der Waals surface area contributed by atoms with E-state index in [1.54, 1.807) is 30.5 Å². The lowest BCUT2D eigenvalue weighted by Gasteiger charge is -2.15. The van der Waals surface area contributed by atoms with Crippen LogP contribution in [0, 0.1) is 0 Å². The summed E-state index contributed by atoms with van der Waals surface area (Å²) in [5, 5.41) is 9.45. The van der Waals surface area contributed by atoms with Crippen molar-refractivity contribution in [3.63, 3.8) is 0 Å². The van der Waals surface area contributed by atoms with Gasteiger partial charge in [-0.1, -0.05) is 60.7 Å². The molecule has 4 N–H and O–H groups in total. The fraction of sp³-hybridized carbons (Fsp3) is 0.207. The van der Waals surface area contributed by atoms with E-state index in [4.69, 9.17) is 0 Å². The number of carbonyl (C=O) groups excluding carboxylic acids is 1. The molecule has 4 bridgehead atoms. The maximum atomic E-state index is 12.6. The maximum absolute atomic E-state index is 12.6. The average Bonchev–Trinajstić information content (AvgIpc) is 2.95. The summed E-state index contributed by atoms with van der Waals surface area (Å²) in [5.74, 6) is 0.995. The predicted octanol–water partition coefficient (Wildman–Crippen LogP) is 4.23. The van der Waals surface area contributed by atoms with Gasteiger partial charge in [0.1, 0.15) is 5.82 Å². The quantitative estimate of drug-likeness (QED) is 0.297. The van der Waals surface area contributed by atoms with Gasteiger partial charge in [0.05, 0.1) is 11.3 Å². The van der Waals surface area contributed by atoms with Gasteiger partial charge in [-0.2, -0.15) is 4.98 Å². The largest absolute Gasteiger partial charge is 0.369 e. The topological polar surface area (TPSA) is 125 Å². The second kappa shape index (κ2) is 12.1. The van der Waals surface area contributed by atoms with Crippen molar-refractivity contribution in [1.82, 2.24) is 20.0 Å². The van der Waals surface area contributed by atoms with Crippen LogP contribution in [-0.4, -0.2) is 37.4 Å². The number of fused-ring (bicyclic) bond motifs is 4. The van der Waals surface area contributed by atoms with E-state index in [1.807, 2.05) is 54.6 Å². The number of carbonyl (C=O) groups is 1. The number of hydrogen-bond acceptors (Lipinski definition) is 7. The highest BCUT2D eigenvalue weighted by molar-refractivity contribution is 7.89. The highest BCUT2D eigenvalue weighted by Gasteiger charge is 2.16. The first-order chi connectivity index (χ1) is 19.0. The zero-order chi connectivity index (χ0) is 27.1. The number of amides is 1. The molecule has 0 radical (unpaired) electrons. The Balaban J connectivity index is 1.32. The fourth-order valence-corrected chi connectivity index (χ4v) is 5.37. The SMILES string of the molecule is O=C(Cc1ccc(-c2cnc3nc2NCCCCNS(=O)(=O)c2cccc(c2)N3)cc1)NCc1ccccc1. The van der Waals surface area contributed by atoms with Gasteiger partial charge in [0, 0.05) is 37.1 Å². The second-order valence-electron chi connectivity index (χ2n) is 9.28. The number of aromatic nitrogens is 2. The molecular formula is C29H30N6O3S. The molecule has 10 heteroatoms. The molecule has 2 heterocycles. The highest BCUT2D eigenvalue weighted by atomic mass is 32.2. The van der Waals surface area contributed by atoms with Crippen LogP contribution in [0.25, 0.3) is 11.1 Å². The molecule has 0 atom stereocenters. The van der Waals surface area contributed by atoms with Crippen molar-refractivity contribution in [2.45, 2.75) is 30.7 Å². The van der Waals surface area contributed by atoms with Gasteiger partial charge >= 0.3 is 0 Å². The molecule has 0 spiro atoms. The molecule has 0 unspecified atom stereocenters. The first kappa shape index (κ1) is 26.3. The standard InChI is InChI=1S/C29H30N6O3S/c36-27(31-19-22-7-2-1-3-8-22)17-21-11-13-23(14-12-21)26-20-32-29-34-24-9-6-10-25(18-24)39(37,38)33-16-5-4-15-30-28(26)35-29/h1-3,6-14,18,20,33H,4-5,15-17,19H2,(H,31,36)(H2,30,32,34,35). The normalized spacial score (nSPS) is 14.8. The molecule has 4 aromatic rings. The van der Waals surface area contributed by atoms with E-state index in [0.29, 0.717) is 49.9 Å². The molecule has 1 aromatic heterocycles. The van der Waals surface area contributed by atoms with Gasteiger partial charge in [-0.25, -0.2) is 18.1 Å². The van der Waals surface area contributed by atoms with E-state index in [2.05, 4.69) is 30.6 Å². The maximum Gasteiger partial charge on any atom is 0.240 e. The van der Waals surface area contributed by atoms with Crippen LogP contribution in [0.3, 0.4) is 0 Å². The van der Waals surface area contributed by atoms with Crippen molar-refractivity contribution in [1.29, 1.82) is 0 Å². The molecule has 5 rings (SSSR count). The Kier molecular flexibility index (Phi) is 8.14. The van der Waals surface area contributed by atoms with Crippen LogP contribution in [-0.2, 0) is 27.8 Å². The molecule has 9 nitrogen and oxygen atoms in total. The second-order valence-corrected chi connectivity index (χ2v) is 11.0. The number of nitrogens with zero attached hydrogens (tertiary/aromatic N) is 2. The fourth-order valence-electron chi connectivity index (χ4n) is 4.25. The summed E-state index contributed by atoms with van der Waals surface area (Å²) in [6, 6.07) is 24.2.